The third-order valence-corrected chi connectivity index (χ3v) is 11.8. The Morgan fingerprint density at radius 3 is 2.75 bits per heavy atom. The fourth-order valence-electron chi connectivity index (χ4n) is 8.11. The first-order valence-electron chi connectivity index (χ1n) is 16.2. The molecule has 10 heteroatoms. The second-order valence-corrected chi connectivity index (χ2v) is 14.8. The van der Waals surface area contributed by atoms with Gasteiger partial charge in [-0.15, -0.1) is 0 Å². The Bertz CT molecular complexity index is 1380. The highest BCUT2D eigenvalue weighted by Gasteiger charge is 2.68. The van der Waals surface area contributed by atoms with E-state index in [0.29, 0.717) is 36.9 Å². The summed E-state index contributed by atoms with van der Waals surface area (Å²) in [6.45, 7) is 8.06. The molecule has 0 unspecified atom stereocenters. The summed E-state index contributed by atoms with van der Waals surface area (Å²) in [4.78, 5) is 31.3. The van der Waals surface area contributed by atoms with Gasteiger partial charge in [-0.2, -0.15) is 0 Å². The van der Waals surface area contributed by atoms with E-state index in [1.807, 2.05) is 48.5 Å². The summed E-state index contributed by atoms with van der Waals surface area (Å²) in [7, 11) is 1.15. The molecule has 2 heterocycles. The van der Waals surface area contributed by atoms with Crippen molar-refractivity contribution in [3.63, 3.8) is 0 Å². The van der Waals surface area contributed by atoms with Crippen LogP contribution in [-0.4, -0.2) is 67.7 Å². The van der Waals surface area contributed by atoms with Gasteiger partial charge in [-0.1, -0.05) is 50.2 Å². The highest BCUT2D eigenvalue weighted by molar-refractivity contribution is 7.99. The lowest BCUT2D eigenvalue weighted by Gasteiger charge is -2.64. The van der Waals surface area contributed by atoms with Crippen molar-refractivity contribution >= 4 is 30.7 Å². The second kappa shape index (κ2) is 12.7. The zero-order valence-electron chi connectivity index (χ0n) is 26.4. The quantitative estimate of drug-likeness (QED) is 0.259. The van der Waals surface area contributed by atoms with Crippen molar-refractivity contribution in [2.24, 2.45) is 23.0 Å². The zero-order valence-corrected chi connectivity index (χ0v) is 27.2. The van der Waals surface area contributed by atoms with E-state index in [1.165, 1.54) is 6.42 Å². The van der Waals surface area contributed by atoms with Gasteiger partial charge in [0.1, 0.15) is 11.8 Å². The van der Waals surface area contributed by atoms with Crippen LogP contribution in [0, 0.1) is 17.3 Å². The molecule has 6 atom stereocenters. The van der Waals surface area contributed by atoms with Gasteiger partial charge >= 0.3 is 7.12 Å². The minimum Gasteiger partial charge on any atom is -0.496 e. The molecule has 236 valence electrons. The van der Waals surface area contributed by atoms with Crippen molar-refractivity contribution in [3.8, 4) is 5.75 Å². The molecule has 5 aliphatic rings. The number of carbonyl (C=O) groups excluding carboxylic acids is 2. The van der Waals surface area contributed by atoms with Gasteiger partial charge in [0.2, 0.25) is 5.91 Å². The van der Waals surface area contributed by atoms with E-state index in [2.05, 4.69) is 26.1 Å². The first-order chi connectivity index (χ1) is 21.2. The number of hydrogen-bond donors (Lipinski definition) is 2. The molecule has 7 rings (SSSR count). The van der Waals surface area contributed by atoms with E-state index in [9.17, 15) is 9.59 Å². The largest absolute Gasteiger partial charge is 0.496 e. The van der Waals surface area contributed by atoms with Crippen LogP contribution in [0.2, 0.25) is 0 Å². The van der Waals surface area contributed by atoms with Crippen LogP contribution in [0.5, 0.6) is 5.75 Å². The molecule has 3 N–H and O–H groups in total. The fourth-order valence-corrected chi connectivity index (χ4v) is 9.09. The van der Waals surface area contributed by atoms with Crippen LogP contribution < -0.4 is 15.8 Å². The van der Waals surface area contributed by atoms with Crippen LogP contribution in [0.1, 0.15) is 76.1 Å². The number of nitrogens with two attached hydrogens (primary N) is 1. The number of hydrogen-bond acceptors (Lipinski definition) is 7. The predicted molar refractivity (Wildman–Crippen MR) is 173 cm³/mol. The van der Waals surface area contributed by atoms with E-state index in [0.717, 1.165) is 47.6 Å². The van der Waals surface area contributed by atoms with Gasteiger partial charge in [0, 0.05) is 17.0 Å². The molecule has 2 saturated heterocycles. The Morgan fingerprint density at radius 1 is 1.16 bits per heavy atom. The average Bonchev–Trinajstić information content (AvgIpc) is 3.65. The summed E-state index contributed by atoms with van der Waals surface area (Å²) in [5.74, 6) is 1.33. The molecule has 0 radical (unpaired) electrons. The maximum absolute atomic E-state index is 13.9. The average molecular weight is 620 g/mol. The van der Waals surface area contributed by atoms with Crippen molar-refractivity contribution in [2.45, 2.75) is 99.2 Å². The lowest BCUT2D eigenvalue weighted by Crippen LogP contribution is -2.65. The van der Waals surface area contributed by atoms with Gasteiger partial charge in [-0.25, -0.2) is 0 Å². The van der Waals surface area contributed by atoms with Gasteiger partial charge in [0.05, 0.1) is 29.7 Å². The summed E-state index contributed by atoms with van der Waals surface area (Å²) >= 11 is 1.55. The van der Waals surface area contributed by atoms with E-state index in [4.69, 9.17) is 19.8 Å². The molecular formula is C34H46BN3O5S. The number of ether oxygens (including phenoxy) is 1. The second-order valence-electron chi connectivity index (χ2n) is 13.7. The first-order valence-corrected chi connectivity index (χ1v) is 17.0. The number of likely N-dealkylation sites (tertiary alicyclic amines) is 1. The first kappa shape index (κ1) is 31.5. The third-order valence-electron chi connectivity index (χ3n) is 10.8. The summed E-state index contributed by atoms with van der Waals surface area (Å²) in [5.41, 5.74) is 6.29. The molecular weight excluding hydrogens is 573 g/mol. The maximum atomic E-state index is 13.9. The highest BCUT2D eigenvalue weighted by atomic mass is 32.2. The lowest BCUT2D eigenvalue weighted by atomic mass is 9.43. The summed E-state index contributed by atoms with van der Waals surface area (Å²) in [6, 6.07) is 14.9. The van der Waals surface area contributed by atoms with E-state index in [1.54, 1.807) is 23.8 Å². The van der Waals surface area contributed by atoms with Crippen LogP contribution in [0.15, 0.2) is 58.3 Å². The molecule has 2 bridgehead atoms. The maximum Gasteiger partial charge on any atom is 0.481 e. The zero-order chi connectivity index (χ0) is 31.1. The molecule has 3 aliphatic carbocycles. The van der Waals surface area contributed by atoms with Gasteiger partial charge in [0.25, 0.3) is 5.91 Å². The van der Waals surface area contributed by atoms with E-state index < -0.39 is 13.2 Å². The fraction of sp³-hybridized carbons (Fsp3) is 0.588. The van der Waals surface area contributed by atoms with Gasteiger partial charge in [-0.3, -0.25) is 9.59 Å². The number of unbranched alkanes of at least 4 members (excludes halogenated alkanes) is 1. The Morgan fingerprint density at radius 2 is 1.98 bits per heavy atom. The van der Waals surface area contributed by atoms with Crippen molar-refractivity contribution in [2.75, 3.05) is 20.2 Å². The van der Waals surface area contributed by atoms with Crippen LogP contribution in [0.4, 0.5) is 0 Å². The number of para-hydroxylation sites is 1. The molecule has 8 nitrogen and oxygen atoms in total. The molecule has 2 aromatic rings. The SMILES string of the molecule is COc1ccccc1Sc1cccc(C(=O)N2CCC[C@H]2C(=O)N[C@@H](CCCCN)B2O[C@@H]3C[C@@H]4C[C@@H](C4(C)C)[C@]3(C)O2)c1. The molecule has 5 fully saturated rings. The molecule has 2 aliphatic heterocycles. The van der Waals surface area contributed by atoms with E-state index >= 15 is 0 Å². The van der Waals surface area contributed by atoms with Crippen LogP contribution in [0.3, 0.4) is 0 Å². The van der Waals surface area contributed by atoms with Gasteiger partial charge < -0.3 is 30.0 Å². The molecule has 0 aromatic heterocycles. The Labute approximate surface area is 266 Å². The highest BCUT2D eigenvalue weighted by Crippen LogP contribution is 2.65. The Hall–Kier alpha value is -2.53. The predicted octanol–water partition coefficient (Wildman–Crippen LogP) is 5.33. The topological polar surface area (TPSA) is 103 Å². The van der Waals surface area contributed by atoms with Crippen LogP contribution >= 0.6 is 11.8 Å². The van der Waals surface area contributed by atoms with Gasteiger partial charge in [0.15, 0.2) is 0 Å². The minimum absolute atomic E-state index is 0.0451. The summed E-state index contributed by atoms with van der Waals surface area (Å²) in [5, 5.41) is 3.29. The number of carbonyl (C=O) groups is 2. The lowest BCUT2D eigenvalue weighted by molar-refractivity contribution is -0.199. The standard InChI is InChI=1S/C34H46BN3O5S/c1-33(2)23-20-28(33)34(3)29(21-23)42-35(43-34)30(16-7-8-17-36)37-31(39)25-13-10-18-38(25)32(40)22-11-9-12-24(19-22)44-27-15-6-5-14-26(27)41-4/h5-6,9,11-12,14-15,19,23,25,28-30H,7-8,10,13,16-18,20-21,36H2,1-4H3,(H,37,39)/t23-,25-,28-,29+,30-,34-/m0/s1. The molecule has 3 saturated carbocycles. The van der Waals surface area contributed by atoms with Crippen molar-refractivity contribution in [3.05, 3.63) is 54.1 Å². The number of benzene rings is 2. The molecule has 0 spiro atoms. The third kappa shape index (κ3) is 5.79. The molecule has 2 amide bonds. The van der Waals surface area contributed by atoms with E-state index in [-0.39, 0.29) is 34.9 Å². The number of nitrogens with zero attached hydrogens (tertiary/aromatic N) is 1. The summed E-state index contributed by atoms with van der Waals surface area (Å²) < 4.78 is 18.8. The normalized spacial score (nSPS) is 29.1. The minimum atomic E-state index is -0.531. The molecule has 2 aromatic carbocycles. The van der Waals surface area contributed by atoms with Gasteiger partial charge in [-0.05, 0) is 99.6 Å². The van der Waals surface area contributed by atoms with Crippen molar-refractivity contribution in [1.82, 2.24) is 10.2 Å². The number of rotatable bonds is 11. The van der Waals surface area contributed by atoms with Crippen LogP contribution in [0.25, 0.3) is 0 Å². The Balaban J connectivity index is 1.14. The smallest absolute Gasteiger partial charge is 0.481 e. The van der Waals surface area contributed by atoms with Crippen LogP contribution in [-0.2, 0) is 14.1 Å². The number of amides is 2. The molecule has 44 heavy (non-hydrogen) atoms. The monoisotopic (exact) mass is 619 g/mol. The Kier molecular flexibility index (Phi) is 9.08. The van der Waals surface area contributed by atoms with Crippen molar-refractivity contribution < 1.29 is 23.6 Å². The summed E-state index contributed by atoms with van der Waals surface area (Å²) in [6.07, 6.45) is 6.10. The number of nitrogens with one attached hydrogen (secondary N) is 1. The number of methoxy groups -OCH3 is 1. The van der Waals surface area contributed by atoms with Crippen molar-refractivity contribution in [1.29, 1.82) is 0 Å².